The number of rotatable bonds is 11. The molecule has 0 radical (unpaired) electrons. The number of nitrogens with one attached hydrogen (secondary N) is 2. The van der Waals surface area contributed by atoms with Crippen LogP contribution in [-0.4, -0.2) is 51.4 Å². The molecule has 1 heterocycles. The highest BCUT2D eigenvalue weighted by molar-refractivity contribution is 6.06. The van der Waals surface area contributed by atoms with Gasteiger partial charge >= 0.3 is 0 Å². The molecular formula is C30H32N2O7. The Balaban J connectivity index is 1.51. The van der Waals surface area contributed by atoms with Gasteiger partial charge in [-0.15, -0.1) is 0 Å². The first kappa shape index (κ1) is 29.2. The third kappa shape index (κ3) is 8.59. The predicted molar refractivity (Wildman–Crippen MR) is 146 cm³/mol. The number of aliphatic hydroxyl groups excluding tert-OH is 1. The summed E-state index contributed by atoms with van der Waals surface area (Å²) in [5.41, 5.74) is -1.66. The summed E-state index contributed by atoms with van der Waals surface area (Å²) < 4.78 is 5.34. The number of aliphatic hydroxyl groups is 2. The second-order valence-electron chi connectivity index (χ2n) is 9.37. The molecule has 0 unspecified atom stereocenters. The quantitative estimate of drug-likeness (QED) is 0.182. The highest BCUT2D eigenvalue weighted by atomic mass is 16.6. The molecule has 0 aromatic carbocycles. The summed E-state index contributed by atoms with van der Waals surface area (Å²) in [6.07, 6.45) is 22.6. The minimum absolute atomic E-state index is 0.0325. The molecule has 9 heteroatoms. The van der Waals surface area contributed by atoms with Crippen molar-refractivity contribution in [2.45, 2.75) is 44.5 Å². The lowest BCUT2D eigenvalue weighted by atomic mass is 9.88. The average molecular weight is 533 g/mol. The SMILES string of the molecule is CC(C)/C=C/C=C/C=C/C(=O)NC1=C[C@@](O)(\C=C/C=C/C=C/C=C/C(=O)NC2=C(O)CCC2=O)[C@H]2O[C@@H]2C1=O. The number of Topliss-reactive ketones (excluding diaryl/α,β-unsaturated/α-hetero) is 2. The van der Waals surface area contributed by atoms with E-state index >= 15 is 0 Å². The number of ether oxygens (including phenoxy) is 1. The van der Waals surface area contributed by atoms with Crippen LogP contribution in [0.1, 0.15) is 26.7 Å². The number of hydrogen-bond donors (Lipinski definition) is 4. The van der Waals surface area contributed by atoms with Crippen LogP contribution in [-0.2, 0) is 23.9 Å². The summed E-state index contributed by atoms with van der Waals surface area (Å²) in [7, 11) is 0. The predicted octanol–water partition coefficient (Wildman–Crippen LogP) is 2.87. The summed E-state index contributed by atoms with van der Waals surface area (Å²) >= 11 is 0. The van der Waals surface area contributed by atoms with E-state index in [0.717, 1.165) is 0 Å². The van der Waals surface area contributed by atoms with Crippen LogP contribution in [0.15, 0.2) is 108 Å². The maximum atomic E-state index is 12.4. The molecule has 0 aromatic heterocycles. The molecule has 0 saturated carbocycles. The fourth-order valence-corrected chi connectivity index (χ4v) is 3.73. The van der Waals surface area contributed by atoms with Gasteiger partial charge in [0.1, 0.15) is 23.2 Å². The molecular weight excluding hydrogens is 500 g/mol. The van der Waals surface area contributed by atoms with Crippen LogP contribution in [0.4, 0.5) is 0 Å². The Bertz CT molecular complexity index is 1270. The summed E-state index contributed by atoms with van der Waals surface area (Å²) in [6, 6.07) is 0. The third-order valence-electron chi connectivity index (χ3n) is 5.75. The normalized spacial score (nSPS) is 25.6. The van der Waals surface area contributed by atoms with Gasteiger partial charge in [-0.2, -0.15) is 0 Å². The van der Waals surface area contributed by atoms with Crippen molar-refractivity contribution in [3.8, 4) is 0 Å². The van der Waals surface area contributed by atoms with Crippen molar-refractivity contribution in [2.75, 3.05) is 0 Å². The monoisotopic (exact) mass is 532 g/mol. The van der Waals surface area contributed by atoms with Crippen LogP contribution >= 0.6 is 0 Å². The van der Waals surface area contributed by atoms with Gasteiger partial charge < -0.3 is 25.6 Å². The molecule has 39 heavy (non-hydrogen) atoms. The van der Waals surface area contributed by atoms with Crippen LogP contribution < -0.4 is 10.6 Å². The van der Waals surface area contributed by atoms with Crippen LogP contribution in [0.3, 0.4) is 0 Å². The zero-order chi connectivity index (χ0) is 28.4. The standard InChI is InChI=1S/C30H32N2O7/c1-20(2)13-9-6-7-11-14-24(35)31-21-19-30(38,29-28(39-29)27(21)37)18-12-8-4-3-5-10-15-25(36)32-26-22(33)16-17-23(26)34/h3-15,18-20,28-29,33,38H,16-17H2,1-2H3,(H,31,35)(H,32,36)/b5-3+,7-6+,8-4+,13-9+,14-11+,15-10+,18-12-/t28-,29+,30+/m1/s1. The Morgan fingerprint density at radius 3 is 2.13 bits per heavy atom. The van der Waals surface area contributed by atoms with E-state index in [4.69, 9.17) is 4.74 Å². The van der Waals surface area contributed by atoms with Crippen molar-refractivity contribution in [3.05, 3.63) is 108 Å². The van der Waals surface area contributed by atoms with Gasteiger partial charge in [0, 0.05) is 25.0 Å². The van der Waals surface area contributed by atoms with E-state index in [2.05, 4.69) is 24.5 Å². The number of carbonyl (C=O) groups is 4. The molecule has 3 rings (SSSR count). The van der Waals surface area contributed by atoms with Crippen LogP contribution in [0.5, 0.6) is 0 Å². The first-order valence-corrected chi connectivity index (χ1v) is 12.5. The molecule has 1 fully saturated rings. The number of ketones is 2. The lowest BCUT2D eigenvalue weighted by Gasteiger charge is -2.23. The van der Waals surface area contributed by atoms with Crippen molar-refractivity contribution in [3.63, 3.8) is 0 Å². The first-order chi connectivity index (χ1) is 18.6. The van der Waals surface area contributed by atoms with Gasteiger partial charge in [0.15, 0.2) is 11.9 Å². The summed E-state index contributed by atoms with van der Waals surface area (Å²) in [4.78, 5) is 48.1. The number of amides is 2. The van der Waals surface area contributed by atoms with Gasteiger partial charge in [0.25, 0.3) is 0 Å². The van der Waals surface area contributed by atoms with Crippen molar-refractivity contribution in [1.29, 1.82) is 0 Å². The number of hydrogen-bond acceptors (Lipinski definition) is 7. The van der Waals surface area contributed by atoms with Crippen LogP contribution in [0, 0.1) is 5.92 Å². The maximum Gasteiger partial charge on any atom is 0.248 e. The molecule has 2 aliphatic carbocycles. The minimum atomic E-state index is -1.57. The Morgan fingerprint density at radius 1 is 0.923 bits per heavy atom. The van der Waals surface area contributed by atoms with Crippen LogP contribution in [0.25, 0.3) is 0 Å². The molecule has 9 nitrogen and oxygen atoms in total. The smallest absolute Gasteiger partial charge is 0.248 e. The van der Waals surface area contributed by atoms with E-state index < -0.39 is 35.4 Å². The molecule has 204 valence electrons. The second-order valence-corrected chi connectivity index (χ2v) is 9.37. The van der Waals surface area contributed by atoms with E-state index in [1.54, 1.807) is 48.6 Å². The van der Waals surface area contributed by atoms with Crippen molar-refractivity contribution in [1.82, 2.24) is 10.6 Å². The van der Waals surface area contributed by atoms with Crippen molar-refractivity contribution < 1.29 is 34.1 Å². The Kier molecular flexibility index (Phi) is 10.1. The highest BCUT2D eigenvalue weighted by Crippen LogP contribution is 2.40. The molecule has 0 aromatic rings. The van der Waals surface area contributed by atoms with E-state index in [1.165, 1.54) is 30.4 Å². The molecule has 1 saturated heterocycles. The van der Waals surface area contributed by atoms with Gasteiger partial charge in [-0.05, 0) is 18.1 Å². The van der Waals surface area contributed by atoms with Gasteiger partial charge in [0.2, 0.25) is 17.6 Å². The molecule has 0 bridgehead atoms. The van der Waals surface area contributed by atoms with Crippen molar-refractivity contribution >= 4 is 23.4 Å². The highest BCUT2D eigenvalue weighted by Gasteiger charge is 2.59. The summed E-state index contributed by atoms with van der Waals surface area (Å²) in [5.74, 6) is -1.42. The average Bonchev–Trinajstić information content (AvgIpc) is 3.64. The van der Waals surface area contributed by atoms with E-state index in [-0.39, 0.29) is 35.8 Å². The lowest BCUT2D eigenvalue weighted by molar-refractivity contribution is -0.121. The van der Waals surface area contributed by atoms with E-state index in [9.17, 15) is 29.4 Å². The van der Waals surface area contributed by atoms with Gasteiger partial charge in [0.05, 0.1) is 5.70 Å². The number of fused-ring (bicyclic) bond motifs is 1. The second kappa shape index (κ2) is 13.5. The molecule has 3 atom stereocenters. The zero-order valence-electron chi connectivity index (χ0n) is 21.7. The van der Waals surface area contributed by atoms with Gasteiger partial charge in [-0.3, -0.25) is 19.2 Å². The lowest BCUT2D eigenvalue weighted by Crippen LogP contribution is -2.42. The van der Waals surface area contributed by atoms with Crippen molar-refractivity contribution in [2.24, 2.45) is 5.92 Å². The molecule has 1 aliphatic heterocycles. The summed E-state index contributed by atoms with van der Waals surface area (Å²) in [6.45, 7) is 4.11. The molecule has 4 N–H and O–H groups in total. The third-order valence-corrected chi connectivity index (χ3v) is 5.75. The largest absolute Gasteiger partial charge is 0.510 e. The zero-order valence-corrected chi connectivity index (χ0v) is 21.7. The fourth-order valence-electron chi connectivity index (χ4n) is 3.73. The molecule has 2 amide bonds. The van der Waals surface area contributed by atoms with Gasteiger partial charge in [-0.1, -0.05) is 80.7 Å². The first-order valence-electron chi connectivity index (χ1n) is 12.5. The van der Waals surface area contributed by atoms with E-state index in [1.807, 2.05) is 12.2 Å². The Labute approximate surface area is 227 Å². The fraction of sp³-hybridized carbons (Fsp3) is 0.267. The Morgan fingerprint density at radius 2 is 1.51 bits per heavy atom. The Hall–Kier alpha value is -4.34. The minimum Gasteiger partial charge on any atom is -0.510 e. The maximum absolute atomic E-state index is 12.4. The van der Waals surface area contributed by atoms with E-state index in [0.29, 0.717) is 5.92 Å². The van der Waals surface area contributed by atoms with Gasteiger partial charge in [-0.25, -0.2) is 0 Å². The topological polar surface area (TPSA) is 145 Å². The number of allylic oxidation sites excluding steroid dienone is 13. The molecule has 0 spiro atoms. The number of epoxide rings is 1. The number of carbonyl (C=O) groups excluding carboxylic acids is 4. The molecule has 3 aliphatic rings. The summed E-state index contributed by atoms with van der Waals surface area (Å²) in [5, 5.41) is 25.4. The van der Waals surface area contributed by atoms with Crippen LogP contribution in [0.2, 0.25) is 0 Å².